The molecule has 0 radical (unpaired) electrons. The molecule has 19 heavy (non-hydrogen) atoms. The SMILES string of the molecule is COC(=O)C(CC(=O)c1ccccc1)c1cccs1. The number of Topliss-reactive ketones (excluding diaryl/α,β-unsaturated/α-hetero) is 1. The van der Waals surface area contributed by atoms with E-state index in [1.165, 1.54) is 18.4 Å². The Hall–Kier alpha value is -1.94. The Morgan fingerprint density at radius 1 is 1.16 bits per heavy atom. The molecule has 0 aliphatic heterocycles. The number of benzene rings is 1. The van der Waals surface area contributed by atoms with Gasteiger partial charge < -0.3 is 4.74 Å². The smallest absolute Gasteiger partial charge is 0.314 e. The van der Waals surface area contributed by atoms with Crippen molar-refractivity contribution in [2.24, 2.45) is 0 Å². The molecule has 4 heteroatoms. The van der Waals surface area contributed by atoms with Gasteiger partial charge in [-0.3, -0.25) is 9.59 Å². The second kappa shape index (κ2) is 6.29. The summed E-state index contributed by atoms with van der Waals surface area (Å²) in [6.45, 7) is 0. The molecule has 0 spiro atoms. The van der Waals surface area contributed by atoms with E-state index in [1.54, 1.807) is 12.1 Å². The van der Waals surface area contributed by atoms with E-state index in [4.69, 9.17) is 4.74 Å². The highest BCUT2D eigenvalue weighted by Crippen LogP contribution is 2.27. The zero-order valence-electron chi connectivity index (χ0n) is 10.5. The first kappa shape index (κ1) is 13.5. The van der Waals surface area contributed by atoms with Crippen LogP contribution < -0.4 is 0 Å². The van der Waals surface area contributed by atoms with Crippen molar-refractivity contribution >= 4 is 23.1 Å². The third-order valence-corrected chi connectivity index (χ3v) is 3.84. The van der Waals surface area contributed by atoms with Gasteiger partial charge in [0, 0.05) is 16.9 Å². The van der Waals surface area contributed by atoms with Crippen LogP contribution in [-0.2, 0) is 9.53 Å². The maximum atomic E-state index is 12.2. The molecular weight excluding hydrogens is 260 g/mol. The van der Waals surface area contributed by atoms with Crippen LogP contribution in [0.4, 0.5) is 0 Å². The molecule has 0 aliphatic rings. The lowest BCUT2D eigenvalue weighted by molar-refractivity contribution is -0.142. The number of ketones is 1. The maximum absolute atomic E-state index is 12.2. The molecule has 2 rings (SSSR count). The highest BCUT2D eigenvalue weighted by Gasteiger charge is 2.25. The van der Waals surface area contributed by atoms with Gasteiger partial charge in [-0.05, 0) is 11.4 Å². The zero-order valence-corrected chi connectivity index (χ0v) is 11.4. The van der Waals surface area contributed by atoms with E-state index in [1.807, 2.05) is 35.7 Å². The number of carbonyl (C=O) groups is 2. The van der Waals surface area contributed by atoms with Crippen LogP contribution in [0.5, 0.6) is 0 Å². The van der Waals surface area contributed by atoms with Crippen molar-refractivity contribution in [2.75, 3.05) is 7.11 Å². The first-order valence-corrected chi connectivity index (χ1v) is 6.80. The highest BCUT2D eigenvalue weighted by atomic mass is 32.1. The van der Waals surface area contributed by atoms with Gasteiger partial charge in [-0.25, -0.2) is 0 Å². The van der Waals surface area contributed by atoms with Crippen LogP contribution in [-0.4, -0.2) is 18.9 Å². The number of thiophene rings is 1. The number of hydrogen-bond acceptors (Lipinski definition) is 4. The molecule has 3 nitrogen and oxygen atoms in total. The van der Waals surface area contributed by atoms with E-state index in [0.29, 0.717) is 5.56 Å². The van der Waals surface area contributed by atoms with E-state index in [9.17, 15) is 9.59 Å². The van der Waals surface area contributed by atoms with Crippen molar-refractivity contribution < 1.29 is 14.3 Å². The third kappa shape index (κ3) is 3.29. The number of esters is 1. The van der Waals surface area contributed by atoms with Crippen LogP contribution in [0, 0.1) is 0 Å². The van der Waals surface area contributed by atoms with Gasteiger partial charge in [0.2, 0.25) is 0 Å². The molecular formula is C15H14O3S. The molecule has 1 aromatic heterocycles. The first-order valence-electron chi connectivity index (χ1n) is 5.92. The molecule has 0 saturated carbocycles. The number of methoxy groups -OCH3 is 1. The van der Waals surface area contributed by atoms with E-state index >= 15 is 0 Å². The fourth-order valence-electron chi connectivity index (χ4n) is 1.86. The zero-order chi connectivity index (χ0) is 13.7. The van der Waals surface area contributed by atoms with Crippen LogP contribution in [0.1, 0.15) is 27.6 Å². The minimum absolute atomic E-state index is 0.0515. The Morgan fingerprint density at radius 3 is 2.47 bits per heavy atom. The lowest BCUT2D eigenvalue weighted by Crippen LogP contribution is -2.17. The molecule has 1 heterocycles. The Morgan fingerprint density at radius 2 is 1.89 bits per heavy atom. The van der Waals surface area contributed by atoms with Gasteiger partial charge in [0.05, 0.1) is 13.0 Å². The van der Waals surface area contributed by atoms with Gasteiger partial charge in [-0.15, -0.1) is 11.3 Å². The molecule has 98 valence electrons. The van der Waals surface area contributed by atoms with E-state index in [2.05, 4.69) is 0 Å². The normalized spacial score (nSPS) is 11.8. The molecule has 1 unspecified atom stereocenters. The average Bonchev–Trinajstić information content (AvgIpc) is 2.98. The summed E-state index contributed by atoms with van der Waals surface area (Å²) in [5.74, 6) is -0.936. The van der Waals surface area contributed by atoms with Crippen LogP contribution in [0.3, 0.4) is 0 Å². The molecule has 0 aliphatic carbocycles. The van der Waals surface area contributed by atoms with Crippen LogP contribution in [0.2, 0.25) is 0 Å². The minimum atomic E-state index is -0.516. The van der Waals surface area contributed by atoms with Crippen molar-refractivity contribution in [3.8, 4) is 0 Å². The summed E-state index contributed by atoms with van der Waals surface area (Å²) in [5, 5.41) is 1.89. The van der Waals surface area contributed by atoms with E-state index in [-0.39, 0.29) is 18.2 Å². The Balaban J connectivity index is 2.18. The molecule has 0 bridgehead atoms. The fourth-order valence-corrected chi connectivity index (χ4v) is 2.67. The van der Waals surface area contributed by atoms with Gasteiger partial charge in [0.25, 0.3) is 0 Å². The topological polar surface area (TPSA) is 43.4 Å². The summed E-state index contributed by atoms with van der Waals surface area (Å²) >= 11 is 1.46. The summed E-state index contributed by atoms with van der Waals surface area (Å²) in [6, 6.07) is 12.7. The van der Waals surface area contributed by atoms with Gasteiger partial charge in [0.15, 0.2) is 5.78 Å². The van der Waals surface area contributed by atoms with Gasteiger partial charge in [0.1, 0.15) is 0 Å². The Labute approximate surface area is 115 Å². The summed E-state index contributed by atoms with van der Waals surface area (Å²) in [7, 11) is 1.34. The largest absolute Gasteiger partial charge is 0.469 e. The first-order chi connectivity index (χ1) is 9.22. The number of hydrogen-bond donors (Lipinski definition) is 0. The second-order valence-corrected chi connectivity index (χ2v) is 5.06. The van der Waals surface area contributed by atoms with Crippen molar-refractivity contribution in [1.29, 1.82) is 0 Å². The predicted molar refractivity (Wildman–Crippen MR) is 74.5 cm³/mol. The minimum Gasteiger partial charge on any atom is -0.469 e. The van der Waals surface area contributed by atoms with Gasteiger partial charge >= 0.3 is 5.97 Å². The monoisotopic (exact) mass is 274 g/mol. The van der Waals surface area contributed by atoms with Crippen molar-refractivity contribution in [1.82, 2.24) is 0 Å². The molecule has 1 atom stereocenters. The summed E-state index contributed by atoms with van der Waals surface area (Å²) in [5.41, 5.74) is 0.618. The maximum Gasteiger partial charge on any atom is 0.314 e. The highest BCUT2D eigenvalue weighted by molar-refractivity contribution is 7.10. The standard InChI is InChI=1S/C15H14O3S/c1-18-15(17)12(14-8-5-9-19-14)10-13(16)11-6-3-2-4-7-11/h2-9,12H,10H2,1H3. The number of rotatable bonds is 5. The quantitative estimate of drug-likeness (QED) is 0.621. The lowest BCUT2D eigenvalue weighted by Gasteiger charge is -2.12. The van der Waals surface area contributed by atoms with Crippen molar-refractivity contribution in [2.45, 2.75) is 12.3 Å². The van der Waals surface area contributed by atoms with Crippen LogP contribution in [0.25, 0.3) is 0 Å². The second-order valence-electron chi connectivity index (χ2n) is 4.08. The number of ether oxygens (including phenoxy) is 1. The Kier molecular flexibility index (Phi) is 4.47. The van der Waals surface area contributed by atoms with Crippen molar-refractivity contribution in [3.63, 3.8) is 0 Å². The van der Waals surface area contributed by atoms with E-state index in [0.717, 1.165) is 4.88 Å². The summed E-state index contributed by atoms with van der Waals surface area (Å²) < 4.78 is 4.79. The van der Waals surface area contributed by atoms with Crippen LogP contribution in [0.15, 0.2) is 47.8 Å². The van der Waals surface area contributed by atoms with Crippen molar-refractivity contribution in [3.05, 3.63) is 58.3 Å². The molecule has 1 aromatic carbocycles. The summed E-state index contributed by atoms with van der Waals surface area (Å²) in [4.78, 5) is 24.8. The Bertz CT molecular complexity index is 546. The number of carbonyl (C=O) groups excluding carboxylic acids is 2. The predicted octanol–water partition coefficient (Wildman–Crippen LogP) is 3.28. The molecule has 0 fully saturated rings. The summed E-state index contributed by atoms with van der Waals surface area (Å²) in [6.07, 6.45) is 0.136. The molecule has 0 N–H and O–H groups in total. The molecule has 2 aromatic rings. The van der Waals surface area contributed by atoms with Gasteiger partial charge in [-0.2, -0.15) is 0 Å². The van der Waals surface area contributed by atoms with Gasteiger partial charge in [-0.1, -0.05) is 36.4 Å². The van der Waals surface area contributed by atoms with Crippen LogP contribution >= 0.6 is 11.3 Å². The average molecular weight is 274 g/mol. The van der Waals surface area contributed by atoms with E-state index < -0.39 is 5.92 Å². The lowest BCUT2D eigenvalue weighted by atomic mass is 9.97. The molecule has 0 saturated heterocycles. The third-order valence-electron chi connectivity index (χ3n) is 2.86. The molecule has 0 amide bonds. The fraction of sp³-hybridized carbons (Fsp3) is 0.200.